The smallest absolute Gasteiger partial charge is 0.270 e. The molecule has 1 aromatic carbocycles. The number of piperidine rings is 1. The van der Waals surface area contributed by atoms with Crippen LogP contribution in [0.5, 0.6) is 11.5 Å². The van der Waals surface area contributed by atoms with E-state index in [1.807, 2.05) is 34.1 Å². The van der Waals surface area contributed by atoms with E-state index in [4.69, 9.17) is 14.2 Å². The maximum atomic E-state index is 13.1. The van der Waals surface area contributed by atoms with Crippen LogP contribution >= 0.6 is 0 Å². The molecule has 0 unspecified atom stereocenters. The third kappa shape index (κ3) is 4.54. The molecule has 1 spiro atoms. The minimum atomic E-state index is -0.390. The van der Waals surface area contributed by atoms with E-state index in [9.17, 15) is 9.59 Å². The lowest BCUT2D eigenvalue weighted by Gasteiger charge is -2.47. The summed E-state index contributed by atoms with van der Waals surface area (Å²) in [5.74, 6) is 1.42. The number of carbonyl (C=O) groups excluding carboxylic acids is 2. The van der Waals surface area contributed by atoms with Crippen LogP contribution in [0.15, 0.2) is 36.5 Å². The van der Waals surface area contributed by atoms with Crippen molar-refractivity contribution < 1.29 is 23.8 Å². The molecule has 0 atom stereocenters. The van der Waals surface area contributed by atoms with Crippen LogP contribution < -0.4 is 9.47 Å². The molecular formula is C23H29N3O5. The van der Waals surface area contributed by atoms with Crippen molar-refractivity contribution in [2.75, 3.05) is 47.0 Å². The van der Waals surface area contributed by atoms with Crippen LogP contribution in [0, 0.1) is 0 Å². The van der Waals surface area contributed by atoms with Gasteiger partial charge in [-0.3, -0.25) is 9.59 Å². The summed E-state index contributed by atoms with van der Waals surface area (Å²) in [4.78, 5) is 32.4. The van der Waals surface area contributed by atoms with E-state index in [0.29, 0.717) is 62.8 Å². The number of aromatic nitrogens is 1. The highest BCUT2D eigenvalue weighted by molar-refractivity contribution is 5.92. The quantitative estimate of drug-likeness (QED) is 0.790. The Balaban J connectivity index is 1.39. The minimum absolute atomic E-state index is 0.00807. The van der Waals surface area contributed by atoms with E-state index in [1.54, 1.807) is 26.5 Å². The van der Waals surface area contributed by atoms with Gasteiger partial charge in [0.05, 0.1) is 32.8 Å². The summed E-state index contributed by atoms with van der Waals surface area (Å²) in [7, 11) is 3.20. The monoisotopic (exact) mass is 427 g/mol. The van der Waals surface area contributed by atoms with Gasteiger partial charge in [-0.2, -0.15) is 0 Å². The first-order valence-electron chi connectivity index (χ1n) is 10.6. The van der Waals surface area contributed by atoms with Crippen molar-refractivity contribution in [3.05, 3.63) is 47.8 Å². The first-order valence-corrected chi connectivity index (χ1v) is 10.6. The number of nitrogens with zero attached hydrogens (tertiary/aromatic N) is 2. The Morgan fingerprint density at radius 2 is 1.90 bits per heavy atom. The third-order valence-electron chi connectivity index (χ3n) is 6.22. The third-order valence-corrected chi connectivity index (χ3v) is 6.22. The Hall–Kier alpha value is -3.00. The van der Waals surface area contributed by atoms with Crippen LogP contribution in [0.4, 0.5) is 0 Å². The molecule has 1 N–H and O–H groups in total. The number of H-pyrrole nitrogens is 1. The van der Waals surface area contributed by atoms with Gasteiger partial charge in [-0.05, 0) is 43.2 Å². The SMILES string of the molecule is COc1ccc(OC)c(CC(=O)N2CCOC3(CCN(C(=O)c4ccc[nH]4)CC3)C2)c1. The lowest BCUT2D eigenvalue weighted by Crippen LogP contribution is -2.58. The van der Waals surface area contributed by atoms with Crippen LogP contribution in [0.3, 0.4) is 0 Å². The zero-order valence-corrected chi connectivity index (χ0v) is 18.1. The van der Waals surface area contributed by atoms with Crippen LogP contribution in [-0.2, 0) is 16.0 Å². The highest BCUT2D eigenvalue weighted by atomic mass is 16.5. The standard InChI is InChI=1S/C23H29N3O5/c1-29-18-5-6-20(30-2)17(14-18)15-21(27)26-12-13-31-23(16-26)7-10-25(11-8-23)22(28)19-4-3-9-24-19/h3-6,9,14,24H,7-8,10-13,15-16H2,1-2H3. The predicted octanol–water partition coefficient (Wildman–Crippen LogP) is 2.11. The highest BCUT2D eigenvalue weighted by Gasteiger charge is 2.42. The molecule has 2 aliphatic heterocycles. The number of carbonyl (C=O) groups is 2. The van der Waals surface area contributed by atoms with E-state index >= 15 is 0 Å². The Morgan fingerprint density at radius 3 is 2.58 bits per heavy atom. The van der Waals surface area contributed by atoms with Gasteiger partial charge in [0.25, 0.3) is 5.91 Å². The topological polar surface area (TPSA) is 84.1 Å². The maximum Gasteiger partial charge on any atom is 0.270 e. The normalized spacial score (nSPS) is 18.1. The molecule has 1 aromatic heterocycles. The number of benzene rings is 1. The maximum absolute atomic E-state index is 13.1. The number of rotatable bonds is 5. The number of hydrogen-bond acceptors (Lipinski definition) is 5. The number of amides is 2. The van der Waals surface area contributed by atoms with Crippen LogP contribution in [0.25, 0.3) is 0 Å². The van der Waals surface area contributed by atoms with E-state index in [1.165, 1.54) is 0 Å². The summed E-state index contributed by atoms with van der Waals surface area (Å²) < 4.78 is 16.9. The first-order chi connectivity index (χ1) is 15.0. The van der Waals surface area contributed by atoms with Crippen LogP contribution in [-0.4, -0.2) is 79.2 Å². The molecular weight excluding hydrogens is 398 g/mol. The molecule has 166 valence electrons. The zero-order valence-electron chi connectivity index (χ0n) is 18.1. The van der Waals surface area contributed by atoms with Gasteiger partial charge in [-0.15, -0.1) is 0 Å². The highest BCUT2D eigenvalue weighted by Crippen LogP contribution is 2.32. The Bertz CT molecular complexity index is 919. The fourth-order valence-corrected chi connectivity index (χ4v) is 4.41. The molecule has 0 saturated carbocycles. The summed E-state index contributed by atoms with van der Waals surface area (Å²) in [6.45, 7) is 2.85. The molecule has 2 aromatic rings. The molecule has 2 saturated heterocycles. The molecule has 0 aliphatic carbocycles. The lowest BCUT2D eigenvalue weighted by molar-refractivity contribution is -0.157. The fourth-order valence-electron chi connectivity index (χ4n) is 4.41. The van der Waals surface area contributed by atoms with Crippen molar-refractivity contribution in [3.8, 4) is 11.5 Å². The molecule has 2 aliphatic rings. The molecule has 0 radical (unpaired) electrons. The summed E-state index contributed by atoms with van der Waals surface area (Å²) in [6.07, 6.45) is 3.43. The number of methoxy groups -OCH3 is 2. The van der Waals surface area contributed by atoms with Crippen molar-refractivity contribution in [2.45, 2.75) is 24.9 Å². The van der Waals surface area contributed by atoms with Crippen molar-refractivity contribution >= 4 is 11.8 Å². The van der Waals surface area contributed by atoms with Gasteiger partial charge < -0.3 is 29.0 Å². The second-order valence-electron chi connectivity index (χ2n) is 8.08. The van der Waals surface area contributed by atoms with Crippen molar-refractivity contribution in [3.63, 3.8) is 0 Å². The van der Waals surface area contributed by atoms with Crippen LogP contribution in [0.2, 0.25) is 0 Å². The van der Waals surface area contributed by atoms with Crippen LogP contribution in [0.1, 0.15) is 28.9 Å². The first kappa shape index (κ1) is 21.2. The van der Waals surface area contributed by atoms with E-state index < -0.39 is 0 Å². The van der Waals surface area contributed by atoms with Crippen molar-refractivity contribution in [2.24, 2.45) is 0 Å². The molecule has 2 amide bonds. The average Bonchev–Trinajstić information content (AvgIpc) is 3.34. The molecule has 8 heteroatoms. The van der Waals surface area contributed by atoms with Gasteiger partial charge >= 0.3 is 0 Å². The fraction of sp³-hybridized carbons (Fsp3) is 0.478. The van der Waals surface area contributed by atoms with E-state index in [0.717, 1.165) is 5.56 Å². The summed E-state index contributed by atoms with van der Waals surface area (Å²) in [5.41, 5.74) is 1.02. The van der Waals surface area contributed by atoms with E-state index in [-0.39, 0.29) is 23.8 Å². The van der Waals surface area contributed by atoms with Gasteiger partial charge in [-0.1, -0.05) is 0 Å². The number of nitrogens with one attached hydrogen (secondary N) is 1. The van der Waals surface area contributed by atoms with Gasteiger partial charge in [0, 0.05) is 37.9 Å². The van der Waals surface area contributed by atoms with Gasteiger partial charge in [0.1, 0.15) is 17.2 Å². The van der Waals surface area contributed by atoms with Crippen molar-refractivity contribution in [1.29, 1.82) is 0 Å². The number of likely N-dealkylation sites (tertiary alicyclic amines) is 1. The molecule has 31 heavy (non-hydrogen) atoms. The number of ether oxygens (including phenoxy) is 3. The molecule has 3 heterocycles. The Morgan fingerprint density at radius 1 is 1.10 bits per heavy atom. The second kappa shape index (κ2) is 9.01. The molecule has 8 nitrogen and oxygen atoms in total. The Kier molecular flexibility index (Phi) is 6.18. The predicted molar refractivity (Wildman–Crippen MR) is 114 cm³/mol. The molecule has 2 fully saturated rings. The largest absolute Gasteiger partial charge is 0.497 e. The molecule has 0 bridgehead atoms. The summed E-state index contributed by atoms with van der Waals surface area (Å²) in [6, 6.07) is 9.09. The minimum Gasteiger partial charge on any atom is -0.497 e. The summed E-state index contributed by atoms with van der Waals surface area (Å²) >= 11 is 0. The lowest BCUT2D eigenvalue weighted by atomic mass is 9.89. The van der Waals surface area contributed by atoms with Crippen molar-refractivity contribution in [1.82, 2.24) is 14.8 Å². The summed E-state index contributed by atoms with van der Waals surface area (Å²) in [5, 5.41) is 0. The second-order valence-corrected chi connectivity index (χ2v) is 8.08. The van der Waals surface area contributed by atoms with E-state index in [2.05, 4.69) is 4.98 Å². The average molecular weight is 428 g/mol. The van der Waals surface area contributed by atoms with Gasteiger partial charge in [-0.25, -0.2) is 0 Å². The number of morpholine rings is 1. The number of hydrogen-bond donors (Lipinski definition) is 1. The molecule has 4 rings (SSSR count). The van der Waals surface area contributed by atoms with Gasteiger partial charge in [0.15, 0.2) is 0 Å². The van der Waals surface area contributed by atoms with Gasteiger partial charge in [0.2, 0.25) is 5.91 Å². The zero-order chi connectivity index (χ0) is 21.8. The Labute approximate surface area is 182 Å². The number of aromatic amines is 1.